The van der Waals surface area contributed by atoms with E-state index in [0.29, 0.717) is 23.3 Å². The third kappa shape index (κ3) is 3.88. The number of hydrogen-bond donors (Lipinski definition) is 1. The van der Waals surface area contributed by atoms with E-state index in [9.17, 15) is 0 Å². The van der Waals surface area contributed by atoms with Crippen LogP contribution in [-0.4, -0.2) is 61.8 Å². The van der Waals surface area contributed by atoms with Crippen LogP contribution in [0.15, 0.2) is 24.8 Å². The Kier molecular flexibility index (Phi) is 6.27. The van der Waals surface area contributed by atoms with E-state index in [4.69, 9.17) is 15.2 Å². The molecule has 0 spiro atoms. The molecular formula is C17H24ClN5O2. The van der Waals surface area contributed by atoms with Crippen LogP contribution in [0.3, 0.4) is 0 Å². The number of anilines is 2. The molecular weight excluding hydrogens is 342 g/mol. The molecule has 0 amide bonds. The van der Waals surface area contributed by atoms with Gasteiger partial charge in [0.05, 0.1) is 19.7 Å². The topological polar surface area (TPSA) is 76.7 Å². The van der Waals surface area contributed by atoms with Crippen molar-refractivity contribution in [2.75, 3.05) is 57.6 Å². The molecule has 1 fully saturated rings. The second-order valence-corrected chi connectivity index (χ2v) is 5.71. The predicted molar refractivity (Wildman–Crippen MR) is 103 cm³/mol. The van der Waals surface area contributed by atoms with Gasteiger partial charge in [-0.3, -0.25) is 4.90 Å². The van der Waals surface area contributed by atoms with E-state index in [1.165, 1.54) is 0 Å². The van der Waals surface area contributed by atoms with E-state index in [2.05, 4.69) is 26.3 Å². The summed E-state index contributed by atoms with van der Waals surface area (Å²) < 4.78 is 10.7. The minimum absolute atomic E-state index is 0. The molecule has 0 saturated carbocycles. The molecule has 1 aromatic carbocycles. The Morgan fingerprint density at radius 2 is 1.76 bits per heavy atom. The number of nitrogens with zero attached hydrogens (tertiary/aromatic N) is 4. The molecule has 25 heavy (non-hydrogen) atoms. The second kappa shape index (κ2) is 8.22. The van der Waals surface area contributed by atoms with Crippen LogP contribution in [-0.2, 0) is 0 Å². The zero-order chi connectivity index (χ0) is 17.1. The first-order chi connectivity index (χ1) is 11.7. The number of ether oxygens (including phenoxy) is 2. The maximum absolute atomic E-state index is 6.16. The van der Waals surface area contributed by atoms with Gasteiger partial charge in [-0.15, -0.1) is 19.0 Å². The van der Waals surface area contributed by atoms with Gasteiger partial charge >= 0.3 is 0 Å². The van der Waals surface area contributed by atoms with Crippen molar-refractivity contribution in [2.45, 2.75) is 0 Å². The molecule has 136 valence electrons. The number of piperazine rings is 1. The minimum atomic E-state index is 0. The van der Waals surface area contributed by atoms with Crippen molar-refractivity contribution in [1.82, 2.24) is 14.9 Å². The van der Waals surface area contributed by atoms with Crippen molar-refractivity contribution in [3.05, 3.63) is 24.8 Å². The lowest BCUT2D eigenvalue weighted by molar-refractivity contribution is 0.283. The summed E-state index contributed by atoms with van der Waals surface area (Å²) >= 11 is 0. The number of benzene rings is 1. The highest BCUT2D eigenvalue weighted by atomic mass is 35.5. The lowest BCUT2D eigenvalue weighted by Crippen LogP contribution is -2.47. The molecule has 0 atom stereocenters. The quantitative estimate of drug-likeness (QED) is 0.811. The molecule has 8 heteroatoms. The fourth-order valence-corrected chi connectivity index (χ4v) is 2.92. The van der Waals surface area contributed by atoms with E-state index in [-0.39, 0.29) is 12.4 Å². The number of nitrogens with two attached hydrogens (primary N) is 1. The molecule has 1 aliphatic heterocycles. The van der Waals surface area contributed by atoms with E-state index < -0.39 is 0 Å². The van der Waals surface area contributed by atoms with Crippen LogP contribution < -0.4 is 20.1 Å². The van der Waals surface area contributed by atoms with Crippen LogP contribution in [0.4, 0.5) is 11.8 Å². The predicted octanol–water partition coefficient (Wildman–Crippen LogP) is 1.96. The largest absolute Gasteiger partial charge is 0.493 e. The Labute approximate surface area is 153 Å². The molecule has 1 saturated heterocycles. The fourth-order valence-electron chi connectivity index (χ4n) is 2.92. The van der Waals surface area contributed by atoms with Crippen LogP contribution in [0.25, 0.3) is 10.9 Å². The maximum atomic E-state index is 6.16. The van der Waals surface area contributed by atoms with Gasteiger partial charge in [0.15, 0.2) is 11.5 Å². The highest BCUT2D eigenvalue weighted by Crippen LogP contribution is 2.34. The molecule has 1 aromatic heterocycles. The van der Waals surface area contributed by atoms with Gasteiger partial charge in [-0.05, 0) is 6.07 Å². The lowest BCUT2D eigenvalue weighted by Gasteiger charge is -2.34. The Morgan fingerprint density at radius 1 is 1.12 bits per heavy atom. The van der Waals surface area contributed by atoms with Crippen molar-refractivity contribution in [2.24, 2.45) is 0 Å². The normalized spacial score (nSPS) is 14.9. The first kappa shape index (κ1) is 19.1. The van der Waals surface area contributed by atoms with Crippen molar-refractivity contribution in [1.29, 1.82) is 0 Å². The number of halogens is 1. The van der Waals surface area contributed by atoms with E-state index in [1.54, 1.807) is 14.2 Å². The van der Waals surface area contributed by atoms with E-state index in [1.807, 2.05) is 18.2 Å². The monoisotopic (exact) mass is 365 g/mol. The second-order valence-electron chi connectivity index (χ2n) is 5.71. The highest BCUT2D eigenvalue weighted by molar-refractivity contribution is 5.91. The van der Waals surface area contributed by atoms with Crippen molar-refractivity contribution >= 4 is 35.1 Å². The van der Waals surface area contributed by atoms with Crippen molar-refractivity contribution in [3.8, 4) is 11.5 Å². The van der Waals surface area contributed by atoms with Gasteiger partial charge in [-0.1, -0.05) is 6.08 Å². The van der Waals surface area contributed by atoms with Crippen molar-refractivity contribution in [3.63, 3.8) is 0 Å². The van der Waals surface area contributed by atoms with Gasteiger partial charge in [0.1, 0.15) is 5.82 Å². The summed E-state index contributed by atoms with van der Waals surface area (Å²) in [5.41, 5.74) is 6.91. The van der Waals surface area contributed by atoms with Crippen molar-refractivity contribution < 1.29 is 9.47 Å². The minimum Gasteiger partial charge on any atom is -0.493 e. The molecule has 0 aliphatic carbocycles. The maximum Gasteiger partial charge on any atom is 0.227 e. The smallest absolute Gasteiger partial charge is 0.227 e. The van der Waals surface area contributed by atoms with E-state index >= 15 is 0 Å². The SMILES string of the molecule is C=CCN1CCN(c2nc(N)c3cc(OC)c(OC)cc3n2)CC1.Cl. The third-order valence-corrected chi connectivity index (χ3v) is 4.26. The zero-order valence-corrected chi connectivity index (χ0v) is 15.4. The number of fused-ring (bicyclic) bond motifs is 1. The number of methoxy groups -OCH3 is 2. The van der Waals surface area contributed by atoms with Crippen LogP contribution in [0.5, 0.6) is 11.5 Å². The van der Waals surface area contributed by atoms with Crippen LogP contribution in [0.1, 0.15) is 0 Å². The molecule has 2 aromatic rings. The zero-order valence-electron chi connectivity index (χ0n) is 14.6. The first-order valence-electron chi connectivity index (χ1n) is 7.93. The van der Waals surface area contributed by atoms with Crippen LogP contribution >= 0.6 is 12.4 Å². The fraction of sp³-hybridized carbons (Fsp3) is 0.412. The van der Waals surface area contributed by atoms with Gasteiger partial charge in [-0.25, -0.2) is 4.98 Å². The average molecular weight is 366 g/mol. The standard InChI is InChI=1S/C17H23N5O2.ClH/c1-4-5-21-6-8-22(9-7-21)17-19-13-11-15(24-3)14(23-2)10-12(13)16(18)20-17;/h4,10-11H,1,5-9H2,2-3H3,(H2,18,19,20);1H. The van der Waals surface area contributed by atoms with Gasteiger partial charge in [-0.2, -0.15) is 4.98 Å². The number of hydrogen-bond acceptors (Lipinski definition) is 7. The summed E-state index contributed by atoms with van der Waals surface area (Å²) in [5, 5.41) is 0.765. The molecule has 0 radical (unpaired) electrons. The molecule has 2 heterocycles. The molecule has 0 unspecified atom stereocenters. The summed E-state index contributed by atoms with van der Waals surface area (Å²) in [6.45, 7) is 8.35. The summed E-state index contributed by atoms with van der Waals surface area (Å²) in [7, 11) is 3.20. The number of rotatable bonds is 5. The Bertz CT molecular complexity index is 747. The first-order valence-corrected chi connectivity index (χ1v) is 7.93. The molecule has 3 rings (SSSR count). The molecule has 0 bridgehead atoms. The summed E-state index contributed by atoms with van der Waals surface area (Å²) in [6.07, 6.45) is 1.93. The highest BCUT2D eigenvalue weighted by Gasteiger charge is 2.20. The number of aromatic nitrogens is 2. The Balaban J connectivity index is 0.00000225. The summed E-state index contributed by atoms with van der Waals surface area (Å²) in [5.74, 6) is 2.35. The number of nitrogen functional groups attached to an aromatic ring is 1. The molecule has 2 N–H and O–H groups in total. The van der Waals surface area contributed by atoms with Crippen LogP contribution in [0.2, 0.25) is 0 Å². The Hall–Kier alpha value is -2.25. The Morgan fingerprint density at radius 3 is 2.36 bits per heavy atom. The third-order valence-electron chi connectivity index (χ3n) is 4.26. The van der Waals surface area contributed by atoms with E-state index in [0.717, 1.165) is 43.6 Å². The average Bonchev–Trinajstić information content (AvgIpc) is 2.61. The van der Waals surface area contributed by atoms with Gasteiger partial charge in [0, 0.05) is 44.2 Å². The van der Waals surface area contributed by atoms with Gasteiger partial charge < -0.3 is 20.1 Å². The molecule has 1 aliphatic rings. The van der Waals surface area contributed by atoms with Crippen LogP contribution in [0, 0.1) is 0 Å². The summed E-state index contributed by atoms with van der Waals surface area (Å²) in [6, 6.07) is 3.65. The molecule has 7 nitrogen and oxygen atoms in total. The van der Waals surface area contributed by atoms with Gasteiger partial charge in [0.2, 0.25) is 5.95 Å². The summed E-state index contributed by atoms with van der Waals surface area (Å²) in [4.78, 5) is 13.7. The van der Waals surface area contributed by atoms with Gasteiger partial charge in [0.25, 0.3) is 0 Å². The lowest BCUT2D eigenvalue weighted by atomic mass is 10.2.